The molecule has 0 saturated heterocycles. The van der Waals surface area contributed by atoms with E-state index in [1.807, 2.05) is 34.7 Å². The fraction of sp³-hybridized carbons (Fsp3) is 0.600. The van der Waals surface area contributed by atoms with Crippen molar-refractivity contribution in [3.05, 3.63) is 11.9 Å². The van der Waals surface area contributed by atoms with Crippen LogP contribution in [0.1, 0.15) is 32.9 Å². The lowest BCUT2D eigenvalue weighted by molar-refractivity contribution is -0.115. The van der Waals surface area contributed by atoms with E-state index in [0.717, 1.165) is 11.4 Å². The smallest absolute Gasteiger partial charge is 0.224 e. The van der Waals surface area contributed by atoms with Crippen molar-refractivity contribution in [1.29, 1.82) is 0 Å². The Morgan fingerprint density at radius 3 is 2.50 bits per heavy atom. The molecule has 0 aliphatic heterocycles. The molecule has 80 valence electrons. The lowest BCUT2D eigenvalue weighted by atomic mass is 10.3. The topological polar surface area (TPSA) is 46.9 Å². The summed E-state index contributed by atoms with van der Waals surface area (Å²) in [6.07, 6.45) is 2.15. The van der Waals surface area contributed by atoms with Gasteiger partial charge in [-0.15, -0.1) is 0 Å². The minimum Gasteiger partial charge on any atom is -0.323 e. The van der Waals surface area contributed by atoms with Crippen LogP contribution in [0.25, 0.3) is 0 Å². The van der Waals surface area contributed by atoms with E-state index in [0.29, 0.717) is 6.42 Å². The summed E-state index contributed by atoms with van der Waals surface area (Å²) < 4.78 is 1.73. The summed E-state index contributed by atoms with van der Waals surface area (Å²) in [4.78, 5) is 11.0. The Labute approximate surface area is 85.3 Å². The second-order valence-corrected chi connectivity index (χ2v) is 2.67. The first-order chi connectivity index (χ1) is 6.65. The van der Waals surface area contributed by atoms with Crippen LogP contribution in [-0.4, -0.2) is 15.7 Å². The third-order valence-electron chi connectivity index (χ3n) is 1.83. The standard InChI is InChI=1S/C8H13N3O.C2H6/c1-4-8(12)10-7-5-9-11(3)6(7)2;1-2/h5H,4H2,1-3H3,(H,10,12);1-2H3. The minimum absolute atomic E-state index is 0.0195. The van der Waals surface area contributed by atoms with Crippen LogP contribution in [0.4, 0.5) is 5.69 Å². The molecule has 1 amide bonds. The molecular formula is C10H19N3O. The van der Waals surface area contributed by atoms with E-state index >= 15 is 0 Å². The number of aryl methyl sites for hydroxylation is 1. The maximum Gasteiger partial charge on any atom is 0.224 e. The van der Waals surface area contributed by atoms with E-state index < -0.39 is 0 Å². The molecule has 0 aromatic carbocycles. The highest BCUT2D eigenvalue weighted by Crippen LogP contribution is 2.11. The maximum atomic E-state index is 11.0. The van der Waals surface area contributed by atoms with Gasteiger partial charge in [-0.1, -0.05) is 20.8 Å². The summed E-state index contributed by atoms with van der Waals surface area (Å²) in [6, 6.07) is 0. The summed E-state index contributed by atoms with van der Waals surface area (Å²) >= 11 is 0. The Bertz CT molecular complexity index is 292. The number of hydrogen-bond donors (Lipinski definition) is 1. The zero-order valence-electron chi connectivity index (χ0n) is 9.59. The zero-order valence-corrected chi connectivity index (χ0v) is 9.59. The van der Waals surface area contributed by atoms with Crippen molar-refractivity contribution < 1.29 is 4.79 Å². The molecule has 0 atom stereocenters. The summed E-state index contributed by atoms with van der Waals surface area (Å²) in [5, 5.41) is 6.76. The Kier molecular flexibility index (Phi) is 5.60. The predicted molar refractivity (Wildman–Crippen MR) is 58.2 cm³/mol. The van der Waals surface area contributed by atoms with E-state index in [9.17, 15) is 4.79 Å². The van der Waals surface area contributed by atoms with Crippen molar-refractivity contribution in [1.82, 2.24) is 9.78 Å². The van der Waals surface area contributed by atoms with Crippen LogP contribution in [0, 0.1) is 6.92 Å². The van der Waals surface area contributed by atoms with Crippen LogP contribution in [-0.2, 0) is 11.8 Å². The molecule has 1 rings (SSSR count). The summed E-state index contributed by atoms with van der Waals surface area (Å²) in [5.74, 6) is 0.0195. The molecule has 1 heterocycles. The third kappa shape index (κ3) is 3.20. The number of nitrogens with one attached hydrogen (secondary N) is 1. The molecule has 0 saturated carbocycles. The fourth-order valence-electron chi connectivity index (χ4n) is 0.860. The molecule has 1 N–H and O–H groups in total. The third-order valence-corrected chi connectivity index (χ3v) is 1.83. The highest BCUT2D eigenvalue weighted by atomic mass is 16.1. The Hall–Kier alpha value is -1.32. The highest BCUT2D eigenvalue weighted by molar-refractivity contribution is 5.90. The van der Waals surface area contributed by atoms with Gasteiger partial charge in [0.1, 0.15) is 0 Å². The Morgan fingerprint density at radius 2 is 2.14 bits per heavy atom. The quantitative estimate of drug-likeness (QED) is 0.789. The van der Waals surface area contributed by atoms with Gasteiger partial charge in [0.2, 0.25) is 5.91 Å². The van der Waals surface area contributed by atoms with E-state index in [1.54, 1.807) is 10.9 Å². The Balaban J connectivity index is 0.000000791. The van der Waals surface area contributed by atoms with Crippen LogP contribution in [0.15, 0.2) is 6.20 Å². The van der Waals surface area contributed by atoms with Crippen molar-refractivity contribution in [2.45, 2.75) is 34.1 Å². The summed E-state index contributed by atoms with van der Waals surface area (Å²) in [7, 11) is 1.84. The van der Waals surface area contributed by atoms with Crippen molar-refractivity contribution in [2.24, 2.45) is 7.05 Å². The molecule has 0 radical (unpaired) electrons. The van der Waals surface area contributed by atoms with Gasteiger partial charge in [0.05, 0.1) is 17.6 Å². The van der Waals surface area contributed by atoms with Gasteiger partial charge in [0, 0.05) is 13.5 Å². The first kappa shape index (κ1) is 12.7. The number of aromatic nitrogens is 2. The molecule has 14 heavy (non-hydrogen) atoms. The van der Waals surface area contributed by atoms with Crippen LogP contribution >= 0.6 is 0 Å². The van der Waals surface area contributed by atoms with E-state index in [-0.39, 0.29) is 5.91 Å². The van der Waals surface area contributed by atoms with Crippen LogP contribution in [0.5, 0.6) is 0 Å². The van der Waals surface area contributed by atoms with Crippen molar-refractivity contribution in [3.8, 4) is 0 Å². The van der Waals surface area contributed by atoms with Crippen molar-refractivity contribution in [2.75, 3.05) is 5.32 Å². The second-order valence-electron chi connectivity index (χ2n) is 2.67. The van der Waals surface area contributed by atoms with Gasteiger partial charge in [-0.2, -0.15) is 5.10 Å². The van der Waals surface area contributed by atoms with Crippen LogP contribution in [0.3, 0.4) is 0 Å². The van der Waals surface area contributed by atoms with Gasteiger partial charge in [-0.05, 0) is 6.92 Å². The van der Waals surface area contributed by atoms with Gasteiger partial charge in [-0.3, -0.25) is 9.48 Å². The van der Waals surface area contributed by atoms with Gasteiger partial charge < -0.3 is 5.32 Å². The number of carbonyl (C=O) groups excluding carboxylic acids is 1. The number of rotatable bonds is 2. The van der Waals surface area contributed by atoms with Crippen molar-refractivity contribution >= 4 is 11.6 Å². The van der Waals surface area contributed by atoms with E-state index in [4.69, 9.17) is 0 Å². The number of carbonyl (C=O) groups is 1. The summed E-state index contributed by atoms with van der Waals surface area (Å²) in [6.45, 7) is 7.74. The average molecular weight is 197 g/mol. The number of amides is 1. The fourth-order valence-corrected chi connectivity index (χ4v) is 0.860. The van der Waals surface area contributed by atoms with Gasteiger partial charge in [0.25, 0.3) is 0 Å². The highest BCUT2D eigenvalue weighted by Gasteiger charge is 2.05. The normalized spacial score (nSPS) is 8.93. The lowest BCUT2D eigenvalue weighted by Crippen LogP contribution is -2.10. The minimum atomic E-state index is 0.0195. The number of anilines is 1. The second kappa shape index (κ2) is 6.18. The summed E-state index contributed by atoms with van der Waals surface area (Å²) in [5.41, 5.74) is 1.76. The van der Waals surface area contributed by atoms with Gasteiger partial charge in [-0.25, -0.2) is 0 Å². The monoisotopic (exact) mass is 197 g/mol. The molecule has 0 aliphatic carbocycles. The van der Waals surface area contributed by atoms with Crippen molar-refractivity contribution in [3.63, 3.8) is 0 Å². The molecule has 0 bridgehead atoms. The first-order valence-electron chi connectivity index (χ1n) is 4.93. The number of hydrogen-bond acceptors (Lipinski definition) is 2. The van der Waals surface area contributed by atoms with Crippen LogP contribution < -0.4 is 5.32 Å². The maximum absolute atomic E-state index is 11.0. The van der Waals surface area contributed by atoms with E-state index in [2.05, 4.69) is 10.4 Å². The SMILES string of the molecule is CC.CCC(=O)Nc1cnn(C)c1C. The molecule has 0 aliphatic rings. The largest absolute Gasteiger partial charge is 0.323 e. The number of nitrogens with zero attached hydrogens (tertiary/aromatic N) is 2. The molecule has 0 fully saturated rings. The van der Waals surface area contributed by atoms with Gasteiger partial charge >= 0.3 is 0 Å². The molecule has 0 unspecified atom stereocenters. The van der Waals surface area contributed by atoms with Crippen LogP contribution in [0.2, 0.25) is 0 Å². The average Bonchev–Trinajstić information content (AvgIpc) is 2.52. The Morgan fingerprint density at radius 1 is 1.57 bits per heavy atom. The molecule has 0 spiro atoms. The predicted octanol–water partition coefficient (Wildman–Crippen LogP) is 2.10. The molecule has 1 aromatic heterocycles. The molecule has 4 heteroatoms. The molecule has 1 aromatic rings. The lowest BCUT2D eigenvalue weighted by Gasteiger charge is -2.01. The molecule has 4 nitrogen and oxygen atoms in total. The first-order valence-corrected chi connectivity index (χ1v) is 4.93. The zero-order chi connectivity index (χ0) is 11.1. The van der Waals surface area contributed by atoms with E-state index in [1.165, 1.54) is 0 Å². The molecular weight excluding hydrogens is 178 g/mol. The van der Waals surface area contributed by atoms with Gasteiger partial charge in [0.15, 0.2) is 0 Å².